The van der Waals surface area contributed by atoms with Gasteiger partial charge in [0.05, 0.1) is 24.2 Å². The maximum absolute atomic E-state index is 13.2. The summed E-state index contributed by atoms with van der Waals surface area (Å²) in [7, 11) is -2.62. The van der Waals surface area contributed by atoms with Crippen molar-refractivity contribution in [2.75, 3.05) is 38.7 Å². The van der Waals surface area contributed by atoms with Crippen molar-refractivity contribution in [3.63, 3.8) is 0 Å². The lowest BCUT2D eigenvalue weighted by atomic mass is 9.91. The van der Waals surface area contributed by atoms with Crippen LogP contribution in [0.25, 0.3) is 0 Å². The van der Waals surface area contributed by atoms with E-state index in [0.29, 0.717) is 42.1 Å². The smallest absolute Gasteiger partial charge is 0.323 e. The number of nitrogens with one attached hydrogen (secondary N) is 3. The first kappa shape index (κ1) is 35.7. The normalized spacial score (nSPS) is 17.5. The fourth-order valence-electron chi connectivity index (χ4n) is 5.38. The molecule has 1 aliphatic rings. The molecule has 4 N–H and O–H groups in total. The number of hydrogen-bond donors (Lipinski definition) is 4. The van der Waals surface area contributed by atoms with Gasteiger partial charge in [0.1, 0.15) is 24.2 Å². The number of aromatic nitrogens is 1. The molecule has 1 aromatic carbocycles. The highest BCUT2D eigenvalue weighted by molar-refractivity contribution is 7.89. The Morgan fingerprint density at radius 1 is 1.13 bits per heavy atom. The van der Waals surface area contributed by atoms with E-state index in [4.69, 9.17) is 9.47 Å². The van der Waals surface area contributed by atoms with Gasteiger partial charge in [0, 0.05) is 38.3 Å². The average Bonchev–Trinajstić information content (AvgIpc) is 3.34. The fourth-order valence-corrected chi connectivity index (χ4v) is 7.02. The minimum absolute atomic E-state index is 0.00651. The van der Waals surface area contributed by atoms with Crippen molar-refractivity contribution < 1.29 is 37.4 Å². The summed E-state index contributed by atoms with van der Waals surface area (Å²) in [5, 5.41) is 15.4. The Morgan fingerprint density at radius 3 is 2.40 bits per heavy atom. The number of hydrogen-bond acceptors (Lipinski definition) is 9. The number of ether oxygens (including phenoxy) is 2. The number of pyridine rings is 1. The van der Waals surface area contributed by atoms with E-state index in [1.807, 2.05) is 27.7 Å². The third kappa shape index (κ3) is 10.4. The molecule has 2 unspecified atom stereocenters. The van der Waals surface area contributed by atoms with Gasteiger partial charge in [-0.25, -0.2) is 13.4 Å². The van der Waals surface area contributed by atoms with Gasteiger partial charge in [-0.05, 0) is 49.8 Å². The number of carbonyl (C=O) groups is 3. The average molecular weight is 648 g/mol. The quantitative estimate of drug-likeness (QED) is 0.238. The van der Waals surface area contributed by atoms with Crippen LogP contribution in [0.5, 0.6) is 5.75 Å². The third-order valence-electron chi connectivity index (χ3n) is 7.29. The van der Waals surface area contributed by atoms with Gasteiger partial charge in [-0.3, -0.25) is 14.4 Å². The number of carbonyl (C=O) groups excluding carboxylic acids is 2. The molecule has 0 saturated carbocycles. The molecule has 3 rings (SSSR count). The number of aryl methyl sites for hydroxylation is 3. The second-order valence-electron chi connectivity index (χ2n) is 12.6. The lowest BCUT2D eigenvalue weighted by Gasteiger charge is -2.28. The predicted molar refractivity (Wildman–Crippen MR) is 169 cm³/mol. The molecular formula is C31H45N5O8S. The van der Waals surface area contributed by atoms with Crippen molar-refractivity contribution in [2.45, 2.75) is 77.5 Å². The van der Waals surface area contributed by atoms with Crippen LogP contribution in [-0.2, 0) is 29.1 Å². The minimum atomic E-state index is -4.19. The third-order valence-corrected chi connectivity index (χ3v) is 9.06. The molecule has 1 saturated heterocycles. The summed E-state index contributed by atoms with van der Waals surface area (Å²) in [5.41, 5.74) is 1.63. The molecule has 1 aromatic heterocycles. The number of carboxylic acid groups (broad SMARTS) is 1. The van der Waals surface area contributed by atoms with Crippen LogP contribution in [0.1, 0.15) is 50.3 Å². The number of anilines is 1. The van der Waals surface area contributed by atoms with Gasteiger partial charge in [0.15, 0.2) is 0 Å². The predicted octanol–water partition coefficient (Wildman–Crippen LogP) is 2.40. The molecular weight excluding hydrogens is 602 g/mol. The van der Waals surface area contributed by atoms with E-state index in [9.17, 15) is 27.9 Å². The number of nitrogens with zero attached hydrogens (tertiary/aromatic N) is 2. The second-order valence-corrected chi connectivity index (χ2v) is 14.3. The van der Waals surface area contributed by atoms with E-state index in [1.54, 1.807) is 56.3 Å². The van der Waals surface area contributed by atoms with Gasteiger partial charge in [-0.2, -0.15) is 4.72 Å². The van der Waals surface area contributed by atoms with Crippen LogP contribution in [0.3, 0.4) is 0 Å². The number of sulfonamides is 1. The number of amides is 2. The summed E-state index contributed by atoms with van der Waals surface area (Å²) in [6, 6.07) is 5.06. The number of methoxy groups -OCH3 is 1. The Labute approximate surface area is 265 Å². The summed E-state index contributed by atoms with van der Waals surface area (Å²) >= 11 is 0. The van der Waals surface area contributed by atoms with Gasteiger partial charge in [0.25, 0.3) is 0 Å². The number of carboxylic acids is 1. The summed E-state index contributed by atoms with van der Waals surface area (Å²) in [6.07, 6.45) is 1.98. The Hall–Kier alpha value is -3.75. The lowest BCUT2D eigenvalue weighted by molar-refractivity contribution is -0.139. The van der Waals surface area contributed by atoms with Crippen LogP contribution in [-0.4, -0.2) is 92.7 Å². The Bertz CT molecular complexity index is 1470. The molecule has 13 nitrogen and oxygen atoms in total. The Morgan fingerprint density at radius 2 is 1.80 bits per heavy atom. The van der Waals surface area contributed by atoms with E-state index >= 15 is 0 Å². The molecule has 2 heterocycles. The van der Waals surface area contributed by atoms with E-state index < -0.39 is 47.2 Å². The van der Waals surface area contributed by atoms with Crippen molar-refractivity contribution >= 4 is 33.6 Å². The lowest BCUT2D eigenvalue weighted by Crippen LogP contribution is -2.49. The summed E-state index contributed by atoms with van der Waals surface area (Å²) in [5.74, 6) is -0.841. The van der Waals surface area contributed by atoms with Crippen molar-refractivity contribution in [3.8, 4) is 5.75 Å². The molecule has 14 heteroatoms. The first-order chi connectivity index (χ1) is 21.0. The van der Waals surface area contributed by atoms with Crippen LogP contribution in [0.15, 0.2) is 35.4 Å². The molecule has 45 heavy (non-hydrogen) atoms. The summed E-state index contributed by atoms with van der Waals surface area (Å²) in [6.45, 7) is 10.9. The molecule has 2 amide bonds. The van der Waals surface area contributed by atoms with E-state index in [0.717, 1.165) is 5.56 Å². The van der Waals surface area contributed by atoms with E-state index in [2.05, 4.69) is 20.3 Å². The highest BCUT2D eigenvalue weighted by atomic mass is 32.2. The van der Waals surface area contributed by atoms with E-state index in [-0.39, 0.29) is 28.8 Å². The van der Waals surface area contributed by atoms with Crippen molar-refractivity contribution in [1.82, 2.24) is 19.9 Å². The molecule has 3 atom stereocenters. The zero-order chi connectivity index (χ0) is 33.5. The number of benzene rings is 1. The highest BCUT2D eigenvalue weighted by Crippen LogP contribution is 2.27. The van der Waals surface area contributed by atoms with Gasteiger partial charge in [-0.15, -0.1) is 0 Å². The van der Waals surface area contributed by atoms with Crippen molar-refractivity contribution in [1.29, 1.82) is 0 Å². The maximum Gasteiger partial charge on any atom is 0.323 e. The van der Waals surface area contributed by atoms with Crippen LogP contribution >= 0.6 is 0 Å². The summed E-state index contributed by atoms with van der Waals surface area (Å²) < 4.78 is 39.4. The summed E-state index contributed by atoms with van der Waals surface area (Å²) in [4.78, 5) is 43.8. The molecule has 1 fully saturated rings. The van der Waals surface area contributed by atoms with Crippen LogP contribution in [0.4, 0.5) is 5.82 Å². The SMILES string of the molecule is COc1ccnc(NC[C@@H]2CC(OCC(=O)NCC(NS(=O)(=O)c3c(C)cc(C)cc3C)C(=O)O)CN2C(=O)CC(C)(C)C)c1. The van der Waals surface area contributed by atoms with Crippen molar-refractivity contribution in [2.24, 2.45) is 5.41 Å². The Balaban J connectivity index is 1.59. The highest BCUT2D eigenvalue weighted by Gasteiger charge is 2.37. The first-order valence-electron chi connectivity index (χ1n) is 14.7. The largest absolute Gasteiger partial charge is 0.497 e. The fraction of sp³-hybridized carbons (Fsp3) is 0.548. The zero-order valence-electron chi connectivity index (χ0n) is 27.0. The Kier molecular flexibility index (Phi) is 11.9. The first-order valence-corrected chi connectivity index (χ1v) is 16.2. The molecule has 248 valence electrons. The van der Waals surface area contributed by atoms with Gasteiger partial charge >= 0.3 is 5.97 Å². The van der Waals surface area contributed by atoms with Crippen LogP contribution < -0.4 is 20.1 Å². The topological polar surface area (TPSA) is 176 Å². The standard InChI is InChI=1S/C31H45N5O8S/c1-19-10-20(2)29(21(3)11-19)45(41,42)35-25(30(39)40)16-34-27(37)18-44-24-12-22(36(17-24)28(38)14-31(4,5)6)15-33-26-13-23(43-7)8-9-32-26/h8-11,13,22,24-25,35H,12,14-18H2,1-7H3,(H,32,33)(H,34,37)(H,39,40)/t22-,24?,25?/m0/s1. The molecule has 1 aliphatic heterocycles. The van der Waals surface area contributed by atoms with Crippen LogP contribution in [0.2, 0.25) is 0 Å². The monoisotopic (exact) mass is 647 g/mol. The number of aliphatic carboxylic acids is 1. The van der Waals surface area contributed by atoms with Crippen molar-refractivity contribution in [3.05, 3.63) is 47.2 Å². The van der Waals surface area contributed by atoms with Gasteiger partial charge < -0.3 is 30.1 Å². The molecule has 0 radical (unpaired) electrons. The van der Waals surface area contributed by atoms with E-state index in [1.165, 1.54) is 0 Å². The molecule has 0 spiro atoms. The maximum atomic E-state index is 13.2. The minimum Gasteiger partial charge on any atom is -0.497 e. The molecule has 2 aromatic rings. The number of likely N-dealkylation sites (tertiary alicyclic amines) is 1. The number of rotatable bonds is 14. The molecule has 0 bridgehead atoms. The van der Waals surface area contributed by atoms with Gasteiger partial charge in [-0.1, -0.05) is 38.5 Å². The van der Waals surface area contributed by atoms with Gasteiger partial charge in [0.2, 0.25) is 21.8 Å². The zero-order valence-corrected chi connectivity index (χ0v) is 27.8. The van der Waals surface area contributed by atoms with Crippen LogP contribution in [0, 0.1) is 26.2 Å². The molecule has 0 aliphatic carbocycles. The second kappa shape index (κ2) is 15.0.